The van der Waals surface area contributed by atoms with Crippen molar-refractivity contribution in [2.24, 2.45) is 0 Å². The highest BCUT2D eigenvalue weighted by atomic mass is 16.3. The van der Waals surface area contributed by atoms with Crippen molar-refractivity contribution in [3.8, 4) is 50.7 Å². The van der Waals surface area contributed by atoms with Gasteiger partial charge in [0, 0.05) is 46.7 Å². The van der Waals surface area contributed by atoms with Crippen molar-refractivity contribution in [1.82, 2.24) is 19.5 Å². The molecule has 0 spiro atoms. The summed E-state index contributed by atoms with van der Waals surface area (Å²) in [4.78, 5) is 13.7. The summed E-state index contributed by atoms with van der Waals surface area (Å²) in [7, 11) is 0. The first-order valence-corrected chi connectivity index (χ1v) is 15.2. The van der Waals surface area contributed by atoms with E-state index in [4.69, 9.17) is 9.40 Å². The first-order valence-electron chi connectivity index (χ1n) is 15.2. The number of pyridine rings is 3. The summed E-state index contributed by atoms with van der Waals surface area (Å²) >= 11 is 0. The van der Waals surface area contributed by atoms with Gasteiger partial charge in [-0.1, -0.05) is 72.8 Å². The van der Waals surface area contributed by atoms with Gasteiger partial charge in [-0.25, -0.2) is 4.98 Å². The molecule has 4 aromatic carbocycles. The predicted molar refractivity (Wildman–Crippen MR) is 186 cm³/mol. The van der Waals surface area contributed by atoms with Crippen LogP contribution in [-0.4, -0.2) is 19.5 Å². The molecule has 5 aromatic heterocycles. The number of nitrogens with zero attached hydrogens (tertiary/aromatic N) is 4. The highest BCUT2D eigenvalue weighted by Gasteiger charge is 2.20. The first kappa shape index (κ1) is 26.1. The summed E-state index contributed by atoms with van der Waals surface area (Å²) in [5.74, 6) is 1.69. The summed E-state index contributed by atoms with van der Waals surface area (Å²) in [5.41, 5.74) is 10.4. The molecule has 0 N–H and O–H groups in total. The molecule has 9 rings (SSSR count). The molecule has 0 aliphatic carbocycles. The summed E-state index contributed by atoms with van der Waals surface area (Å²) in [5, 5.41) is 3.27. The van der Waals surface area contributed by atoms with Gasteiger partial charge in [0.1, 0.15) is 17.2 Å². The minimum absolute atomic E-state index is 0.836. The molecule has 0 bridgehead atoms. The lowest BCUT2D eigenvalue weighted by atomic mass is 10.00. The third-order valence-corrected chi connectivity index (χ3v) is 8.63. The fourth-order valence-electron chi connectivity index (χ4n) is 6.41. The third kappa shape index (κ3) is 4.37. The number of hydrogen-bond donors (Lipinski definition) is 0. The van der Waals surface area contributed by atoms with Crippen molar-refractivity contribution in [2.45, 2.75) is 0 Å². The zero-order valence-corrected chi connectivity index (χ0v) is 24.7. The van der Waals surface area contributed by atoms with E-state index in [1.54, 1.807) is 0 Å². The first-order chi connectivity index (χ1) is 22.8. The molecule has 0 fully saturated rings. The topological polar surface area (TPSA) is 56.7 Å². The van der Waals surface area contributed by atoms with E-state index in [0.717, 1.165) is 83.4 Å². The van der Waals surface area contributed by atoms with Gasteiger partial charge in [-0.2, -0.15) is 0 Å². The predicted octanol–water partition coefficient (Wildman–Crippen LogP) is 10.4. The van der Waals surface area contributed by atoms with Gasteiger partial charge in [0.15, 0.2) is 0 Å². The van der Waals surface area contributed by atoms with Gasteiger partial charge in [-0.3, -0.25) is 14.5 Å². The van der Waals surface area contributed by atoms with E-state index in [9.17, 15) is 0 Å². The maximum Gasteiger partial charge on any atom is 0.144 e. The molecular weight excluding hydrogens is 564 g/mol. The Kier molecular flexibility index (Phi) is 6.06. The van der Waals surface area contributed by atoms with E-state index in [-0.39, 0.29) is 0 Å². The molecule has 5 nitrogen and oxygen atoms in total. The lowest BCUT2D eigenvalue weighted by Gasteiger charge is -2.13. The highest BCUT2D eigenvalue weighted by molar-refractivity contribution is 6.20. The Labute approximate surface area is 265 Å². The largest absolute Gasteiger partial charge is 0.455 e. The van der Waals surface area contributed by atoms with Crippen molar-refractivity contribution in [3.63, 3.8) is 0 Å². The maximum atomic E-state index is 6.61. The lowest BCUT2D eigenvalue weighted by Crippen LogP contribution is -2.00. The van der Waals surface area contributed by atoms with Crippen LogP contribution < -0.4 is 0 Å². The van der Waals surface area contributed by atoms with Crippen LogP contribution in [0.4, 0.5) is 0 Å². The number of benzene rings is 4. The van der Waals surface area contributed by atoms with Crippen LogP contribution in [0.5, 0.6) is 0 Å². The van der Waals surface area contributed by atoms with E-state index >= 15 is 0 Å². The summed E-state index contributed by atoms with van der Waals surface area (Å²) in [6.45, 7) is 0. The Hall–Kier alpha value is -6.33. The van der Waals surface area contributed by atoms with Crippen molar-refractivity contribution in [1.29, 1.82) is 0 Å². The monoisotopic (exact) mass is 590 g/mol. The van der Waals surface area contributed by atoms with Gasteiger partial charge in [0.2, 0.25) is 0 Å². The molecule has 5 heterocycles. The molecule has 0 amide bonds. The van der Waals surface area contributed by atoms with Crippen LogP contribution in [0.1, 0.15) is 0 Å². The van der Waals surface area contributed by atoms with Gasteiger partial charge in [-0.15, -0.1) is 0 Å². The minimum atomic E-state index is 0.836. The molecule has 5 heteroatoms. The SMILES string of the molecule is c1ccc(-c2cc3ccc4c(c5ccccc5n4-c4cc(-c5ccc(-c6ccncc6)cc5)cc(-c5ccncc5)n4)c3o2)cc1. The Morgan fingerprint density at radius 3 is 1.89 bits per heavy atom. The van der Waals surface area contributed by atoms with Crippen LogP contribution in [0, 0.1) is 0 Å². The fourth-order valence-corrected chi connectivity index (χ4v) is 6.41. The van der Waals surface area contributed by atoms with Gasteiger partial charge in [-0.05, 0) is 82.9 Å². The second-order valence-electron chi connectivity index (χ2n) is 11.4. The van der Waals surface area contributed by atoms with Crippen LogP contribution in [0.25, 0.3) is 83.4 Å². The Morgan fingerprint density at radius 1 is 0.478 bits per heavy atom. The summed E-state index contributed by atoms with van der Waals surface area (Å²) < 4.78 is 8.87. The summed E-state index contributed by atoms with van der Waals surface area (Å²) in [6.07, 6.45) is 7.27. The van der Waals surface area contributed by atoms with Crippen molar-refractivity contribution in [2.75, 3.05) is 0 Å². The maximum absolute atomic E-state index is 6.61. The third-order valence-electron chi connectivity index (χ3n) is 8.63. The smallest absolute Gasteiger partial charge is 0.144 e. The minimum Gasteiger partial charge on any atom is -0.455 e. The van der Waals surface area contributed by atoms with Gasteiger partial charge < -0.3 is 4.42 Å². The average molecular weight is 591 g/mol. The average Bonchev–Trinajstić information content (AvgIpc) is 3.72. The van der Waals surface area contributed by atoms with Crippen molar-refractivity contribution >= 4 is 32.8 Å². The highest BCUT2D eigenvalue weighted by Crippen LogP contribution is 2.40. The normalized spacial score (nSPS) is 11.5. The van der Waals surface area contributed by atoms with Gasteiger partial charge >= 0.3 is 0 Å². The van der Waals surface area contributed by atoms with E-state index in [2.05, 4.69) is 106 Å². The summed E-state index contributed by atoms with van der Waals surface area (Å²) in [6, 6.07) is 46.3. The van der Waals surface area contributed by atoms with Gasteiger partial charge in [0.05, 0.1) is 22.1 Å². The molecule has 0 saturated heterocycles. The van der Waals surface area contributed by atoms with E-state index < -0.39 is 0 Å². The molecular formula is C41H26N4O. The second-order valence-corrected chi connectivity index (χ2v) is 11.4. The molecule has 0 atom stereocenters. The van der Waals surface area contributed by atoms with Crippen LogP contribution in [0.15, 0.2) is 163 Å². The second kappa shape index (κ2) is 10.7. The van der Waals surface area contributed by atoms with E-state index in [1.807, 2.05) is 67.3 Å². The molecule has 46 heavy (non-hydrogen) atoms. The van der Waals surface area contributed by atoms with Crippen molar-refractivity contribution < 1.29 is 4.42 Å². The molecule has 0 radical (unpaired) electrons. The Balaban J connectivity index is 1.27. The molecule has 0 saturated carbocycles. The van der Waals surface area contributed by atoms with E-state index in [1.165, 1.54) is 0 Å². The quantitative estimate of drug-likeness (QED) is 0.200. The number of aromatic nitrogens is 4. The Morgan fingerprint density at radius 2 is 1.13 bits per heavy atom. The molecule has 0 aliphatic rings. The number of para-hydroxylation sites is 1. The van der Waals surface area contributed by atoms with Crippen LogP contribution >= 0.6 is 0 Å². The number of furan rings is 1. The van der Waals surface area contributed by atoms with Crippen LogP contribution in [-0.2, 0) is 0 Å². The molecule has 216 valence electrons. The van der Waals surface area contributed by atoms with E-state index in [0.29, 0.717) is 0 Å². The lowest BCUT2D eigenvalue weighted by molar-refractivity contribution is 0.635. The molecule has 9 aromatic rings. The van der Waals surface area contributed by atoms with Gasteiger partial charge in [0.25, 0.3) is 0 Å². The molecule has 0 aliphatic heterocycles. The van der Waals surface area contributed by atoms with Crippen LogP contribution in [0.3, 0.4) is 0 Å². The number of hydrogen-bond acceptors (Lipinski definition) is 4. The zero-order chi connectivity index (χ0) is 30.5. The fraction of sp³-hybridized carbons (Fsp3) is 0. The molecule has 0 unspecified atom stereocenters. The Bertz CT molecular complexity index is 2500. The number of rotatable bonds is 5. The zero-order valence-electron chi connectivity index (χ0n) is 24.7. The number of fused-ring (bicyclic) bond motifs is 5. The van der Waals surface area contributed by atoms with Crippen LogP contribution in [0.2, 0.25) is 0 Å². The standard InChI is InChI=1S/C41H26N4O/c1-2-6-31(7-3-1)38-25-32-14-15-37-40(41(32)46-38)34-8-4-5-9-36(34)45(37)39-26-33(24-35(44-39)30-18-22-43-23-19-30)28-12-10-27(11-13-28)29-16-20-42-21-17-29/h1-26H. The van der Waals surface area contributed by atoms with Crippen molar-refractivity contribution in [3.05, 3.63) is 158 Å².